The van der Waals surface area contributed by atoms with Gasteiger partial charge in [0.15, 0.2) is 5.58 Å². The number of nitrogens with two attached hydrogens (primary N) is 1. The zero-order chi connectivity index (χ0) is 15.1. The van der Waals surface area contributed by atoms with Gasteiger partial charge in [0.05, 0.1) is 21.6 Å². The number of rotatable bonds is 3. The highest BCUT2D eigenvalue weighted by atomic mass is 79.9. The lowest BCUT2D eigenvalue weighted by atomic mass is 10.3. The average molecular weight is 369 g/mol. The van der Waals surface area contributed by atoms with Gasteiger partial charge in [0.25, 0.3) is 5.22 Å². The maximum Gasteiger partial charge on any atom is 0.288 e. The molecule has 1 aromatic carbocycles. The molecule has 0 aliphatic rings. The second kappa shape index (κ2) is 5.27. The van der Waals surface area contributed by atoms with E-state index in [0.29, 0.717) is 16.8 Å². The van der Waals surface area contributed by atoms with E-state index in [1.54, 1.807) is 22.9 Å². The van der Waals surface area contributed by atoms with E-state index in [0.717, 1.165) is 15.9 Å². The molecule has 110 valence electrons. The predicted molar refractivity (Wildman–Crippen MR) is 84.2 cm³/mol. The Morgan fingerprint density at radius 3 is 2.90 bits per heavy atom. The zero-order valence-electron chi connectivity index (χ0n) is 11.5. The molecule has 0 bridgehead atoms. The third-order valence-electron chi connectivity index (χ3n) is 3.12. The SMILES string of the molecule is Cc1nn(C)c(CS(=O)c2nc3cc(N)ccc3o2)c1Br. The number of benzene rings is 1. The Morgan fingerprint density at radius 1 is 1.48 bits per heavy atom. The Morgan fingerprint density at radius 2 is 2.24 bits per heavy atom. The van der Waals surface area contributed by atoms with Gasteiger partial charge in [0, 0.05) is 12.7 Å². The number of oxazole rings is 1. The third-order valence-corrected chi connectivity index (χ3v) is 5.25. The van der Waals surface area contributed by atoms with Crippen LogP contribution in [0.25, 0.3) is 11.1 Å². The number of aromatic nitrogens is 3. The van der Waals surface area contributed by atoms with Gasteiger partial charge in [-0.3, -0.25) is 4.68 Å². The van der Waals surface area contributed by atoms with Crippen molar-refractivity contribution in [1.29, 1.82) is 0 Å². The van der Waals surface area contributed by atoms with Gasteiger partial charge in [-0.1, -0.05) is 0 Å². The van der Waals surface area contributed by atoms with Crippen LogP contribution in [-0.4, -0.2) is 19.0 Å². The summed E-state index contributed by atoms with van der Waals surface area (Å²) in [6.45, 7) is 1.89. The zero-order valence-corrected chi connectivity index (χ0v) is 13.9. The minimum atomic E-state index is -1.39. The molecule has 0 amide bonds. The number of fused-ring (bicyclic) bond motifs is 1. The fourth-order valence-electron chi connectivity index (χ4n) is 2.04. The van der Waals surface area contributed by atoms with Crippen molar-refractivity contribution in [2.45, 2.75) is 17.9 Å². The number of nitrogen functional groups attached to an aromatic ring is 1. The average Bonchev–Trinajstić information content (AvgIpc) is 2.95. The van der Waals surface area contributed by atoms with Crippen LogP contribution >= 0.6 is 15.9 Å². The van der Waals surface area contributed by atoms with E-state index in [1.807, 2.05) is 14.0 Å². The minimum Gasteiger partial charge on any atom is -0.430 e. The highest BCUT2D eigenvalue weighted by Crippen LogP contribution is 2.25. The van der Waals surface area contributed by atoms with Gasteiger partial charge in [-0.15, -0.1) is 0 Å². The highest BCUT2D eigenvalue weighted by Gasteiger charge is 2.18. The minimum absolute atomic E-state index is 0.196. The van der Waals surface area contributed by atoms with Gasteiger partial charge in [0.1, 0.15) is 16.3 Å². The lowest BCUT2D eigenvalue weighted by molar-refractivity contribution is 0.477. The molecule has 0 saturated heterocycles. The molecule has 0 saturated carbocycles. The molecule has 3 rings (SSSR count). The summed E-state index contributed by atoms with van der Waals surface area (Å²) in [4.78, 5) is 4.24. The maximum absolute atomic E-state index is 12.4. The van der Waals surface area contributed by atoms with Gasteiger partial charge in [-0.25, -0.2) is 9.19 Å². The Hall–Kier alpha value is -1.67. The van der Waals surface area contributed by atoms with Gasteiger partial charge in [0.2, 0.25) is 0 Å². The predicted octanol–water partition coefficient (Wildman–Crippen LogP) is 2.52. The molecule has 6 nitrogen and oxygen atoms in total. The van der Waals surface area contributed by atoms with E-state index in [2.05, 4.69) is 26.0 Å². The standard InChI is InChI=1S/C13H13BrN4O2S/c1-7-12(14)10(18(2)17-7)6-21(19)13-16-9-5-8(15)3-4-11(9)20-13/h3-5H,6,15H2,1-2H3. The van der Waals surface area contributed by atoms with Crippen LogP contribution in [0.3, 0.4) is 0 Å². The molecule has 2 aromatic heterocycles. The van der Waals surface area contributed by atoms with E-state index < -0.39 is 10.8 Å². The van der Waals surface area contributed by atoms with Crippen LogP contribution in [-0.2, 0) is 23.6 Å². The van der Waals surface area contributed by atoms with E-state index in [-0.39, 0.29) is 11.0 Å². The van der Waals surface area contributed by atoms with Crippen molar-refractivity contribution in [2.75, 3.05) is 5.73 Å². The van der Waals surface area contributed by atoms with Crippen molar-refractivity contribution in [1.82, 2.24) is 14.8 Å². The molecule has 0 spiro atoms. The number of nitrogens with zero attached hydrogens (tertiary/aromatic N) is 3. The normalized spacial score (nSPS) is 12.9. The van der Waals surface area contributed by atoms with Gasteiger partial charge < -0.3 is 10.2 Å². The molecule has 21 heavy (non-hydrogen) atoms. The number of hydrogen-bond donors (Lipinski definition) is 1. The summed E-state index contributed by atoms with van der Waals surface area (Å²) in [5, 5.41) is 4.48. The number of halogens is 1. The third kappa shape index (κ3) is 2.60. The monoisotopic (exact) mass is 368 g/mol. The van der Waals surface area contributed by atoms with E-state index >= 15 is 0 Å². The van der Waals surface area contributed by atoms with E-state index in [4.69, 9.17) is 10.2 Å². The Bertz CT molecular complexity index is 855. The van der Waals surface area contributed by atoms with Crippen molar-refractivity contribution in [3.63, 3.8) is 0 Å². The van der Waals surface area contributed by atoms with E-state index in [1.165, 1.54) is 0 Å². The molecule has 2 heterocycles. The van der Waals surface area contributed by atoms with Gasteiger partial charge in [-0.05, 0) is 41.1 Å². The Kier molecular flexibility index (Phi) is 3.58. The van der Waals surface area contributed by atoms with Crippen molar-refractivity contribution in [3.05, 3.63) is 34.1 Å². The Balaban J connectivity index is 1.93. The van der Waals surface area contributed by atoms with Crippen LogP contribution < -0.4 is 5.73 Å². The fraction of sp³-hybridized carbons (Fsp3) is 0.231. The lowest BCUT2D eigenvalue weighted by Crippen LogP contribution is -2.04. The topological polar surface area (TPSA) is 86.9 Å². The molecule has 0 aliphatic carbocycles. The van der Waals surface area contributed by atoms with Gasteiger partial charge in [-0.2, -0.15) is 5.10 Å². The molecule has 0 radical (unpaired) electrons. The van der Waals surface area contributed by atoms with Crippen LogP contribution in [0.15, 0.2) is 32.3 Å². The summed E-state index contributed by atoms with van der Waals surface area (Å²) in [5.41, 5.74) is 9.18. The van der Waals surface area contributed by atoms with Crippen molar-refractivity contribution < 1.29 is 8.63 Å². The fourth-order valence-corrected chi connectivity index (χ4v) is 3.79. The molecule has 0 fully saturated rings. The summed E-state index contributed by atoms with van der Waals surface area (Å²) in [6, 6.07) is 5.15. The first-order chi connectivity index (χ1) is 9.95. The molecule has 8 heteroatoms. The summed E-state index contributed by atoms with van der Waals surface area (Å²) in [5.74, 6) is 0.278. The first-order valence-corrected chi connectivity index (χ1v) is 8.29. The molecule has 3 aromatic rings. The largest absolute Gasteiger partial charge is 0.430 e. The van der Waals surface area contributed by atoms with Crippen LogP contribution in [0.1, 0.15) is 11.4 Å². The Labute approximate surface area is 131 Å². The first kappa shape index (κ1) is 14.3. The van der Waals surface area contributed by atoms with Crippen molar-refractivity contribution in [2.24, 2.45) is 7.05 Å². The van der Waals surface area contributed by atoms with Crippen LogP contribution in [0.5, 0.6) is 0 Å². The smallest absolute Gasteiger partial charge is 0.288 e. The first-order valence-electron chi connectivity index (χ1n) is 6.18. The quantitative estimate of drug-likeness (QED) is 0.717. The summed E-state index contributed by atoms with van der Waals surface area (Å²) in [6.07, 6.45) is 0. The summed E-state index contributed by atoms with van der Waals surface area (Å²) >= 11 is 3.46. The van der Waals surface area contributed by atoms with Crippen LogP contribution in [0, 0.1) is 6.92 Å². The van der Waals surface area contributed by atoms with Crippen molar-refractivity contribution in [3.8, 4) is 0 Å². The summed E-state index contributed by atoms with van der Waals surface area (Å²) in [7, 11) is 0.426. The molecule has 1 unspecified atom stereocenters. The van der Waals surface area contributed by atoms with Crippen LogP contribution in [0.2, 0.25) is 0 Å². The van der Waals surface area contributed by atoms with Gasteiger partial charge >= 0.3 is 0 Å². The lowest BCUT2D eigenvalue weighted by Gasteiger charge is -2.00. The number of aryl methyl sites for hydroxylation is 2. The number of anilines is 1. The molecular formula is C13H13BrN4O2S. The molecule has 0 aliphatic heterocycles. The summed E-state index contributed by atoms with van der Waals surface area (Å²) < 4.78 is 20.5. The molecular weight excluding hydrogens is 356 g/mol. The number of hydrogen-bond acceptors (Lipinski definition) is 5. The van der Waals surface area contributed by atoms with Crippen LogP contribution in [0.4, 0.5) is 5.69 Å². The molecule has 1 atom stereocenters. The maximum atomic E-state index is 12.4. The second-order valence-corrected chi connectivity index (χ2v) is 6.79. The highest BCUT2D eigenvalue weighted by molar-refractivity contribution is 9.10. The van der Waals surface area contributed by atoms with Crippen molar-refractivity contribution >= 4 is 43.5 Å². The molecule has 2 N–H and O–H groups in total. The second-order valence-electron chi connectivity index (χ2n) is 4.67. The van der Waals surface area contributed by atoms with E-state index in [9.17, 15) is 4.21 Å².